The highest BCUT2D eigenvalue weighted by molar-refractivity contribution is 5.92. The van der Waals surface area contributed by atoms with Crippen LogP contribution in [-0.2, 0) is 4.74 Å². The Bertz CT molecular complexity index is 581. The highest BCUT2D eigenvalue weighted by Gasteiger charge is 2.31. The lowest BCUT2D eigenvalue weighted by molar-refractivity contribution is 0.0268. The summed E-state index contributed by atoms with van der Waals surface area (Å²) in [6.45, 7) is 6.12. The molecule has 1 aromatic heterocycles. The van der Waals surface area contributed by atoms with Crippen LogP contribution in [0.15, 0.2) is 29.5 Å². The van der Waals surface area contributed by atoms with Crippen LogP contribution < -0.4 is 5.43 Å². The molecule has 1 saturated heterocycles. The number of hydrogen-bond acceptors (Lipinski definition) is 5. The van der Waals surface area contributed by atoms with Gasteiger partial charge in [0.25, 0.3) is 5.91 Å². The maximum Gasteiger partial charge on any atom is 0.410 e. The first-order valence-electron chi connectivity index (χ1n) is 7.61. The van der Waals surface area contributed by atoms with Crippen molar-refractivity contribution in [1.82, 2.24) is 15.3 Å². The van der Waals surface area contributed by atoms with E-state index in [2.05, 4.69) is 15.5 Å². The van der Waals surface area contributed by atoms with E-state index in [1.165, 1.54) is 0 Å². The predicted molar refractivity (Wildman–Crippen MR) is 86.2 cm³/mol. The minimum Gasteiger partial charge on any atom is -0.444 e. The second-order valence-corrected chi connectivity index (χ2v) is 6.32. The largest absolute Gasteiger partial charge is 0.444 e. The Hall–Kier alpha value is -2.44. The van der Waals surface area contributed by atoms with Crippen molar-refractivity contribution in [2.45, 2.75) is 45.3 Å². The molecule has 1 aromatic rings. The molecule has 7 heteroatoms. The average Bonchev–Trinajstić information content (AvgIpc) is 2.95. The number of hydrogen-bond donors (Lipinski definition) is 1. The zero-order valence-electron chi connectivity index (χ0n) is 13.7. The Kier molecular flexibility index (Phi) is 5.31. The smallest absolute Gasteiger partial charge is 0.410 e. The van der Waals surface area contributed by atoms with Gasteiger partial charge in [0.2, 0.25) is 0 Å². The van der Waals surface area contributed by atoms with Crippen molar-refractivity contribution in [1.29, 1.82) is 0 Å². The summed E-state index contributed by atoms with van der Waals surface area (Å²) >= 11 is 0. The van der Waals surface area contributed by atoms with E-state index in [4.69, 9.17) is 4.74 Å². The van der Waals surface area contributed by atoms with E-state index in [0.717, 1.165) is 12.8 Å². The molecule has 0 bridgehead atoms. The lowest BCUT2D eigenvalue weighted by atomic mass is 10.2. The topological polar surface area (TPSA) is 83.9 Å². The van der Waals surface area contributed by atoms with E-state index in [1.54, 1.807) is 35.5 Å². The van der Waals surface area contributed by atoms with Crippen LogP contribution in [0.3, 0.4) is 0 Å². The van der Waals surface area contributed by atoms with Crippen LogP contribution >= 0.6 is 0 Å². The van der Waals surface area contributed by atoms with E-state index in [0.29, 0.717) is 12.2 Å². The van der Waals surface area contributed by atoms with Gasteiger partial charge >= 0.3 is 6.09 Å². The van der Waals surface area contributed by atoms with Gasteiger partial charge in [-0.25, -0.2) is 10.2 Å². The summed E-state index contributed by atoms with van der Waals surface area (Å²) in [5.74, 6) is -0.385. The van der Waals surface area contributed by atoms with E-state index in [-0.39, 0.29) is 18.0 Å². The van der Waals surface area contributed by atoms with Crippen LogP contribution in [-0.4, -0.2) is 46.3 Å². The van der Waals surface area contributed by atoms with E-state index >= 15 is 0 Å². The average molecular weight is 318 g/mol. The fourth-order valence-corrected chi connectivity index (χ4v) is 2.23. The Labute approximate surface area is 135 Å². The van der Waals surface area contributed by atoms with Crippen molar-refractivity contribution >= 4 is 18.2 Å². The van der Waals surface area contributed by atoms with Crippen molar-refractivity contribution in [3.8, 4) is 0 Å². The normalized spacial score (nSPS) is 18.2. The molecule has 2 amide bonds. The Balaban J connectivity index is 1.91. The second kappa shape index (κ2) is 7.21. The van der Waals surface area contributed by atoms with Gasteiger partial charge in [-0.3, -0.25) is 9.78 Å². The molecule has 1 fully saturated rings. The molecule has 0 unspecified atom stereocenters. The molecule has 1 N–H and O–H groups in total. The lowest BCUT2D eigenvalue weighted by Crippen LogP contribution is -2.40. The molecule has 2 rings (SSSR count). The van der Waals surface area contributed by atoms with Crippen LogP contribution in [0, 0.1) is 0 Å². The Morgan fingerprint density at radius 1 is 1.43 bits per heavy atom. The molecule has 7 nitrogen and oxygen atoms in total. The van der Waals surface area contributed by atoms with Gasteiger partial charge in [0, 0.05) is 19.0 Å². The fourth-order valence-electron chi connectivity index (χ4n) is 2.23. The van der Waals surface area contributed by atoms with Crippen LogP contribution in [0.2, 0.25) is 0 Å². The van der Waals surface area contributed by atoms with Crippen LogP contribution in [0.25, 0.3) is 0 Å². The Morgan fingerprint density at radius 2 is 2.22 bits per heavy atom. The molecule has 1 atom stereocenters. The number of hydrazone groups is 1. The summed E-state index contributed by atoms with van der Waals surface area (Å²) in [6, 6.07) is 4.89. The quantitative estimate of drug-likeness (QED) is 0.684. The van der Waals surface area contributed by atoms with Gasteiger partial charge < -0.3 is 9.64 Å². The SMILES string of the molecule is CC(C)(C)OC(=O)N1CCC[C@H]1/C=N/NC(=O)c1ccccn1. The van der Waals surface area contributed by atoms with Gasteiger partial charge in [-0.2, -0.15) is 5.10 Å². The van der Waals surface area contributed by atoms with Gasteiger partial charge in [0.05, 0.1) is 6.04 Å². The van der Waals surface area contributed by atoms with Crippen LogP contribution in [0.1, 0.15) is 44.1 Å². The van der Waals surface area contributed by atoms with Crippen LogP contribution in [0.4, 0.5) is 4.79 Å². The number of ether oxygens (including phenoxy) is 1. The van der Waals surface area contributed by atoms with E-state index < -0.39 is 5.60 Å². The molecule has 0 aliphatic carbocycles. The highest BCUT2D eigenvalue weighted by atomic mass is 16.6. The van der Waals surface area contributed by atoms with Gasteiger partial charge in [-0.1, -0.05) is 6.07 Å². The standard InChI is InChI=1S/C16H22N4O3/c1-16(2,3)23-15(22)20-10-6-7-12(20)11-18-19-14(21)13-8-4-5-9-17-13/h4-5,8-9,11-12H,6-7,10H2,1-3H3,(H,19,21)/b18-11+/t12-/m0/s1. The third kappa shape index (κ3) is 5.05. The van der Waals surface area contributed by atoms with Gasteiger partial charge in [-0.05, 0) is 45.7 Å². The molecule has 0 saturated carbocycles. The number of rotatable bonds is 3. The van der Waals surface area contributed by atoms with Crippen molar-refractivity contribution in [2.75, 3.05) is 6.54 Å². The summed E-state index contributed by atoms with van der Waals surface area (Å²) in [6.07, 6.45) is 4.42. The van der Waals surface area contributed by atoms with E-state index in [1.807, 2.05) is 20.8 Å². The fraction of sp³-hybridized carbons (Fsp3) is 0.500. The number of pyridine rings is 1. The molecular weight excluding hydrogens is 296 g/mol. The first-order valence-corrected chi connectivity index (χ1v) is 7.61. The van der Waals surface area contributed by atoms with Crippen molar-refractivity contribution in [3.05, 3.63) is 30.1 Å². The number of nitrogens with zero attached hydrogens (tertiary/aromatic N) is 3. The third-order valence-electron chi connectivity index (χ3n) is 3.24. The maximum absolute atomic E-state index is 12.1. The number of nitrogens with one attached hydrogen (secondary N) is 1. The minimum absolute atomic E-state index is 0.172. The molecule has 124 valence electrons. The number of carbonyl (C=O) groups excluding carboxylic acids is 2. The van der Waals surface area contributed by atoms with E-state index in [9.17, 15) is 9.59 Å². The van der Waals surface area contributed by atoms with Crippen molar-refractivity contribution in [2.24, 2.45) is 5.10 Å². The molecule has 0 radical (unpaired) electrons. The molecule has 23 heavy (non-hydrogen) atoms. The molecule has 0 aromatic carbocycles. The number of carbonyl (C=O) groups is 2. The summed E-state index contributed by atoms with van der Waals surface area (Å²) in [5.41, 5.74) is 2.18. The molecule has 1 aliphatic heterocycles. The summed E-state index contributed by atoms with van der Waals surface area (Å²) < 4.78 is 5.38. The number of likely N-dealkylation sites (tertiary alicyclic amines) is 1. The summed E-state index contributed by atoms with van der Waals surface area (Å²) in [7, 11) is 0. The molecule has 0 spiro atoms. The zero-order valence-corrected chi connectivity index (χ0v) is 13.7. The number of amides is 2. The highest BCUT2D eigenvalue weighted by Crippen LogP contribution is 2.19. The predicted octanol–water partition coefficient (Wildman–Crippen LogP) is 2.20. The molecular formula is C16H22N4O3. The summed E-state index contributed by atoms with van der Waals surface area (Å²) in [4.78, 5) is 29.5. The molecule has 1 aliphatic rings. The monoisotopic (exact) mass is 318 g/mol. The van der Waals surface area contributed by atoms with Crippen molar-refractivity contribution < 1.29 is 14.3 Å². The summed E-state index contributed by atoms with van der Waals surface area (Å²) in [5, 5.41) is 3.94. The minimum atomic E-state index is -0.533. The van der Waals surface area contributed by atoms with Gasteiger partial charge in [0.1, 0.15) is 11.3 Å². The molecule has 2 heterocycles. The zero-order chi connectivity index (χ0) is 16.9. The lowest BCUT2D eigenvalue weighted by Gasteiger charge is -2.26. The van der Waals surface area contributed by atoms with Gasteiger partial charge in [-0.15, -0.1) is 0 Å². The maximum atomic E-state index is 12.1. The first-order chi connectivity index (χ1) is 10.9. The Morgan fingerprint density at radius 3 is 2.87 bits per heavy atom. The van der Waals surface area contributed by atoms with Crippen LogP contribution in [0.5, 0.6) is 0 Å². The van der Waals surface area contributed by atoms with Gasteiger partial charge in [0.15, 0.2) is 0 Å². The third-order valence-corrected chi connectivity index (χ3v) is 3.24. The van der Waals surface area contributed by atoms with Crippen molar-refractivity contribution in [3.63, 3.8) is 0 Å². The second-order valence-electron chi connectivity index (χ2n) is 6.32. The number of aromatic nitrogens is 1. The first kappa shape index (κ1) is 16.9.